The molecule has 9 nitrogen and oxygen atoms in total. The molecule has 1 rings (SSSR count). The van der Waals surface area contributed by atoms with Gasteiger partial charge in [-0.1, -0.05) is 71.7 Å². The number of esters is 1. The standard InChI is InChI=1S/C17H21N5O4S2/c1-17(2,3)28-27-11-14(15(23)25-9-8-18)20-16(24)26-10-12-4-6-13(7-5-12)21-22-19/h4-7,14H,9-11H2,1-3H3,(H,20,24). The summed E-state index contributed by atoms with van der Waals surface area (Å²) in [4.78, 5) is 26.8. The average Bonchev–Trinajstić information content (AvgIpc) is 2.64. The van der Waals surface area contributed by atoms with Crippen LogP contribution in [0.1, 0.15) is 26.3 Å². The predicted octanol–water partition coefficient (Wildman–Crippen LogP) is 4.47. The number of hydrogen-bond donors (Lipinski definition) is 1. The number of nitriles is 1. The van der Waals surface area contributed by atoms with E-state index in [0.717, 1.165) is 0 Å². The lowest BCUT2D eigenvalue weighted by Crippen LogP contribution is -2.43. The van der Waals surface area contributed by atoms with Crippen LogP contribution >= 0.6 is 21.6 Å². The summed E-state index contributed by atoms with van der Waals surface area (Å²) in [6, 6.07) is 7.29. The van der Waals surface area contributed by atoms with Gasteiger partial charge in [0.25, 0.3) is 0 Å². The van der Waals surface area contributed by atoms with Crippen LogP contribution < -0.4 is 5.32 Å². The molecule has 0 aromatic heterocycles. The summed E-state index contributed by atoms with van der Waals surface area (Å²) in [6.45, 7) is 5.68. The minimum absolute atomic E-state index is 0.0198. The summed E-state index contributed by atoms with van der Waals surface area (Å²) in [6.07, 6.45) is -0.778. The van der Waals surface area contributed by atoms with Gasteiger partial charge in [0.05, 0.1) is 0 Å². The van der Waals surface area contributed by atoms with Gasteiger partial charge in [0.2, 0.25) is 0 Å². The molecular formula is C17H21N5O4S2. The molecule has 0 heterocycles. The summed E-state index contributed by atoms with van der Waals surface area (Å²) in [5, 5.41) is 14.5. The van der Waals surface area contributed by atoms with Gasteiger partial charge in [0.15, 0.2) is 6.61 Å². The third-order valence-electron chi connectivity index (χ3n) is 2.87. The van der Waals surface area contributed by atoms with Gasteiger partial charge in [0.1, 0.15) is 18.7 Å². The molecule has 0 aliphatic heterocycles. The van der Waals surface area contributed by atoms with Crippen molar-refractivity contribution in [2.45, 2.75) is 38.2 Å². The number of nitrogens with one attached hydrogen (secondary N) is 1. The van der Waals surface area contributed by atoms with Gasteiger partial charge in [-0.15, -0.1) is 0 Å². The molecule has 0 spiro atoms. The van der Waals surface area contributed by atoms with Gasteiger partial charge in [-0.3, -0.25) is 0 Å². The highest BCUT2D eigenvalue weighted by molar-refractivity contribution is 8.77. The second kappa shape index (κ2) is 12.0. The molecule has 11 heteroatoms. The molecule has 1 amide bonds. The second-order valence-corrected chi connectivity index (χ2v) is 9.54. The lowest BCUT2D eigenvalue weighted by molar-refractivity contribution is -0.143. The number of amides is 1. The lowest BCUT2D eigenvalue weighted by atomic mass is 10.2. The highest BCUT2D eigenvalue weighted by Gasteiger charge is 2.24. The first kappa shape index (κ1) is 23.5. The Morgan fingerprint density at radius 3 is 2.57 bits per heavy atom. The van der Waals surface area contributed by atoms with Crippen molar-refractivity contribution < 1.29 is 19.1 Å². The summed E-state index contributed by atoms with van der Waals surface area (Å²) >= 11 is 0. The number of azide groups is 1. The smallest absolute Gasteiger partial charge is 0.408 e. The molecule has 0 aliphatic carbocycles. The third-order valence-corrected chi connectivity index (χ3v) is 6.21. The van der Waals surface area contributed by atoms with Crippen LogP contribution in [0.25, 0.3) is 10.4 Å². The maximum atomic E-state index is 12.1. The normalized spacial score (nSPS) is 11.5. The summed E-state index contributed by atoms with van der Waals surface area (Å²) in [5.41, 5.74) is 9.51. The van der Waals surface area contributed by atoms with E-state index in [0.29, 0.717) is 11.3 Å². The molecular weight excluding hydrogens is 402 g/mol. The molecule has 1 aromatic carbocycles. The zero-order chi connectivity index (χ0) is 21.0. The van der Waals surface area contributed by atoms with Gasteiger partial charge >= 0.3 is 12.1 Å². The first-order valence-corrected chi connectivity index (χ1v) is 10.5. The van der Waals surface area contributed by atoms with Crippen LogP contribution in [0.2, 0.25) is 0 Å². The van der Waals surface area contributed by atoms with Crippen molar-refractivity contribution in [2.75, 3.05) is 12.4 Å². The number of rotatable bonds is 9. The molecule has 0 fully saturated rings. The highest BCUT2D eigenvalue weighted by atomic mass is 33.1. The zero-order valence-electron chi connectivity index (χ0n) is 15.7. The second-order valence-electron chi connectivity index (χ2n) is 6.37. The topological polar surface area (TPSA) is 137 Å². The van der Waals surface area contributed by atoms with E-state index < -0.39 is 18.1 Å². The zero-order valence-corrected chi connectivity index (χ0v) is 17.4. The SMILES string of the molecule is CC(C)(C)SSCC(NC(=O)OCc1ccc(N=[N+]=[N-])cc1)C(=O)OCC#N. The molecule has 1 atom stereocenters. The Bertz CT molecular complexity index is 752. The van der Waals surface area contributed by atoms with Crippen molar-refractivity contribution in [3.63, 3.8) is 0 Å². The van der Waals surface area contributed by atoms with E-state index in [-0.39, 0.29) is 23.7 Å². The number of carbonyl (C=O) groups is 2. The predicted molar refractivity (Wildman–Crippen MR) is 109 cm³/mol. The minimum atomic E-state index is -0.937. The quantitative estimate of drug-likeness (QED) is 0.203. The number of ether oxygens (including phenoxy) is 2. The van der Waals surface area contributed by atoms with Gasteiger partial charge in [-0.2, -0.15) is 5.26 Å². The van der Waals surface area contributed by atoms with E-state index in [2.05, 4.69) is 15.3 Å². The summed E-state index contributed by atoms with van der Waals surface area (Å²) in [5.74, 6) is -0.429. The Kier molecular flexibility index (Phi) is 10.1. The molecule has 0 saturated heterocycles. The summed E-state index contributed by atoms with van der Waals surface area (Å²) < 4.78 is 9.90. The number of hydrogen-bond acceptors (Lipinski definition) is 8. The van der Waals surface area contributed by atoms with E-state index >= 15 is 0 Å². The Balaban J connectivity index is 2.59. The van der Waals surface area contributed by atoms with Crippen LogP contribution in [0.3, 0.4) is 0 Å². The Labute approximate surface area is 171 Å². The molecule has 1 aromatic rings. The monoisotopic (exact) mass is 423 g/mol. The van der Waals surface area contributed by atoms with Crippen LogP contribution in [-0.2, 0) is 20.9 Å². The molecule has 1 N–H and O–H groups in total. The molecule has 1 unspecified atom stereocenters. The fourth-order valence-corrected chi connectivity index (χ4v) is 4.14. The Morgan fingerprint density at radius 1 is 1.32 bits per heavy atom. The fraction of sp³-hybridized carbons (Fsp3) is 0.471. The van der Waals surface area contributed by atoms with E-state index in [9.17, 15) is 9.59 Å². The van der Waals surface area contributed by atoms with E-state index in [4.69, 9.17) is 20.3 Å². The molecule has 150 valence electrons. The van der Waals surface area contributed by atoms with Crippen molar-refractivity contribution >= 4 is 39.3 Å². The van der Waals surface area contributed by atoms with Crippen LogP contribution in [0.15, 0.2) is 29.4 Å². The van der Waals surface area contributed by atoms with Gasteiger partial charge in [-0.25, -0.2) is 9.59 Å². The molecule has 0 saturated carbocycles. The van der Waals surface area contributed by atoms with Crippen LogP contribution in [0.5, 0.6) is 0 Å². The van der Waals surface area contributed by atoms with Crippen molar-refractivity contribution in [1.82, 2.24) is 5.32 Å². The van der Waals surface area contributed by atoms with E-state index in [1.54, 1.807) is 41.1 Å². The molecule has 28 heavy (non-hydrogen) atoms. The maximum absolute atomic E-state index is 12.1. The summed E-state index contributed by atoms with van der Waals surface area (Å²) in [7, 11) is 2.98. The average molecular weight is 424 g/mol. The lowest BCUT2D eigenvalue weighted by Gasteiger charge is -2.20. The first-order chi connectivity index (χ1) is 13.2. The maximum Gasteiger partial charge on any atom is 0.408 e. The minimum Gasteiger partial charge on any atom is -0.449 e. The number of nitrogens with zero attached hydrogens (tertiary/aromatic N) is 4. The number of alkyl carbamates (subject to hydrolysis) is 1. The number of carbonyl (C=O) groups excluding carboxylic acids is 2. The third kappa shape index (κ3) is 9.97. The van der Waals surface area contributed by atoms with Crippen LogP contribution in [-0.4, -0.2) is 35.2 Å². The van der Waals surface area contributed by atoms with Crippen molar-refractivity contribution in [1.29, 1.82) is 5.26 Å². The van der Waals surface area contributed by atoms with Gasteiger partial charge in [0, 0.05) is 21.1 Å². The number of benzene rings is 1. The van der Waals surface area contributed by atoms with Crippen LogP contribution in [0.4, 0.5) is 10.5 Å². The van der Waals surface area contributed by atoms with Gasteiger partial charge in [-0.05, 0) is 11.1 Å². The first-order valence-electron chi connectivity index (χ1n) is 8.16. The van der Waals surface area contributed by atoms with Crippen molar-refractivity contribution in [3.8, 4) is 6.07 Å². The Morgan fingerprint density at radius 2 is 2.00 bits per heavy atom. The van der Waals surface area contributed by atoms with E-state index in [1.165, 1.54) is 10.8 Å². The Hall–Kier alpha value is -2.54. The molecule has 0 bridgehead atoms. The molecule has 0 radical (unpaired) electrons. The highest BCUT2D eigenvalue weighted by Crippen LogP contribution is 2.35. The van der Waals surface area contributed by atoms with Crippen molar-refractivity contribution in [2.24, 2.45) is 5.11 Å². The van der Waals surface area contributed by atoms with Gasteiger partial charge < -0.3 is 14.8 Å². The van der Waals surface area contributed by atoms with E-state index in [1.807, 2.05) is 20.8 Å². The molecule has 0 aliphatic rings. The fourth-order valence-electron chi connectivity index (χ4n) is 1.69. The largest absolute Gasteiger partial charge is 0.449 e. The van der Waals surface area contributed by atoms with Crippen LogP contribution in [0, 0.1) is 11.3 Å². The van der Waals surface area contributed by atoms with Crippen molar-refractivity contribution in [3.05, 3.63) is 40.3 Å².